The van der Waals surface area contributed by atoms with Crippen molar-refractivity contribution in [2.45, 2.75) is 6.92 Å². The lowest BCUT2D eigenvalue weighted by atomic mass is 10.1. The summed E-state index contributed by atoms with van der Waals surface area (Å²) in [5.74, 6) is 0. The standard InChI is InChI=1S/C14H12BrN/c1-11(12-5-3-2-4-6-12)16-14-9-7-13(15)8-10-14/h2-10H,1H3. The lowest BCUT2D eigenvalue weighted by Crippen LogP contribution is -1.92. The summed E-state index contributed by atoms with van der Waals surface area (Å²) in [4.78, 5) is 4.57. The van der Waals surface area contributed by atoms with Gasteiger partial charge in [-0.25, -0.2) is 0 Å². The molecule has 2 rings (SSSR count). The van der Waals surface area contributed by atoms with Crippen LogP contribution in [0.1, 0.15) is 12.5 Å². The van der Waals surface area contributed by atoms with Crippen LogP contribution in [0.4, 0.5) is 5.69 Å². The molecule has 2 heteroatoms. The van der Waals surface area contributed by atoms with E-state index in [-0.39, 0.29) is 0 Å². The first-order valence-corrected chi connectivity index (χ1v) is 5.91. The maximum Gasteiger partial charge on any atom is 0.0633 e. The van der Waals surface area contributed by atoms with Crippen molar-refractivity contribution in [1.82, 2.24) is 0 Å². The second kappa shape index (κ2) is 5.08. The Balaban J connectivity index is 2.28. The van der Waals surface area contributed by atoms with Gasteiger partial charge in [0.15, 0.2) is 0 Å². The van der Waals surface area contributed by atoms with Crippen LogP contribution in [0.15, 0.2) is 64.1 Å². The highest BCUT2D eigenvalue weighted by Gasteiger charge is 1.96. The minimum atomic E-state index is 0.976. The number of hydrogen-bond donors (Lipinski definition) is 0. The van der Waals surface area contributed by atoms with Crippen molar-refractivity contribution in [3.63, 3.8) is 0 Å². The molecule has 0 saturated carbocycles. The van der Waals surface area contributed by atoms with Gasteiger partial charge in [-0.2, -0.15) is 0 Å². The molecule has 0 aliphatic rings. The molecule has 0 amide bonds. The van der Waals surface area contributed by atoms with Crippen LogP contribution in [0.3, 0.4) is 0 Å². The Morgan fingerprint density at radius 2 is 1.56 bits per heavy atom. The second-order valence-electron chi connectivity index (χ2n) is 3.54. The molecule has 16 heavy (non-hydrogen) atoms. The molecule has 80 valence electrons. The molecule has 0 radical (unpaired) electrons. The third-order valence-electron chi connectivity index (χ3n) is 2.31. The van der Waals surface area contributed by atoms with Crippen LogP contribution in [0, 0.1) is 0 Å². The van der Waals surface area contributed by atoms with E-state index in [1.54, 1.807) is 0 Å². The Hall–Kier alpha value is -1.41. The molecule has 0 bridgehead atoms. The van der Waals surface area contributed by atoms with Gasteiger partial charge >= 0.3 is 0 Å². The Kier molecular flexibility index (Phi) is 3.52. The van der Waals surface area contributed by atoms with Crippen LogP contribution in [0.5, 0.6) is 0 Å². The highest BCUT2D eigenvalue weighted by molar-refractivity contribution is 9.10. The minimum Gasteiger partial charge on any atom is -0.253 e. The van der Waals surface area contributed by atoms with Gasteiger partial charge in [-0.3, -0.25) is 4.99 Å². The Morgan fingerprint density at radius 3 is 2.19 bits per heavy atom. The number of hydrogen-bond acceptors (Lipinski definition) is 1. The largest absolute Gasteiger partial charge is 0.253 e. The fourth-order valence-corrected chi connectivity index (χ4v) is 1.72. The zero-order chi connectivity index (χ0) is 11.4. The Morgan fingerprint density at radius 1 is 0.938 bits per heavy atom. The fourth-order valence-electron chi connectivity index (χ4n) is 1.45. The number of halogens is 1. The van der Waals surface area contributed by atoms with E-state index in [4.69, 9.17) is 0 Å². The van der Waals surface area contributed by atoms with Gasteiger partial charge < -0.3 is 0 Å². The van der Waals surface area contributed by atoms with E-state index in [2.05, 4.69) is 33.1 Å². The first kappa shape index (κ1) is 11.1. The molecule has 2 aromatic carbocycles. The third-order valence-corrected chi connectivity index (χ3v) is 2.84. The van der Waals surface area contributed by atoms with Crippen LogP contribution >= 0.6 is 15.9 Å². The normalized spacial score (nSPS) is 11.5. The molecular weight excluding hydrogens is 262 g/mol. The van der Waals surface area contributed by atoms with Gasteiger partial charge in [0, 0.05) is 10.2 Å². The highest BCUT2D eigenvalue weighted by atomic mass is 79.9. The van der Waals surface area contributed by atoms with Crippen molar-refractivity contribution in [2.75, 3.05) is 0 Å². The number of aliphatic imine (C=N–C) groups is 1. The number of rotatable bonds is 2. The van der Waals surface area contributed by atoms with Crippen LogP contribution < -0.4 is 0 Å². The van der Waals surface area contributed by atoms with Crippen molar-refractivity contribution in [2.24, 2.45) is 4.99 Å². The monoisotopic (exact) mass is 273 g/mol. The summed E-state index contributed by atoms with van der Waals surface area (Å²) < 4.78 is 1.07. The number of nitrogens with zero attached hydrogens (tertiary/aromatic N) is 1. The molecule has 0 fully saturated rings. The van der Waals surface area contributed by atoms with Gasteiger partial charge in [-0.1, -0.05) is 46.3 Å². The van der Waals surface area contributed by atoms with Crippen molar-refractivity contribution in [3.05, 3.63) is 64.6 Å². The van der Waals surface area contributed by atoms with Crippen LogP contribution in [0.25, 0.3) is 0 Å². The molecule has 0 unspecified atom stereocenters. The molecule has 0 saturated heterocycles. The van der Waals surface area contributed by atoms with Gasteiger partial charge in [0.25, 0.3) is 0 Å². The predicted molar refractivity (Wildman–Crippen MR) is 72.5 cm³/mol. The lowest BCUT2D eigenvalue weighted by Gasteiger charge is -2.00. The lowest BCUT2D eigenvalue weighted by molar-refractivity contribution is 1.47. The highest BCUT2D eigenvalue weighted by Crippen LogP contribution is 2.18. The molecule has 0 aromatic heterocycles. The molecular formula is C14H12BrN. The smallest absolute Gasteiger partial charge is 0.0633 e. The molecule has 2 aromatic rings. The minimum absolute atomic E-state index is 0.976. The van der Waals surface area contributed by atoms with Crippen molar-refractivity contribution < 1.29 is 0 Å². The molecule has 0 aliphatic carbocycles. The summed E-state index contributed by atoms with van der Waals surface area (Å²) in [6.07, 6.45) is 0. The topological polar surface area (TPSA) is 12.4 Å². The third kappa shape index (κ3) is 2.80. The van der Waals surface area contributed by atoms with E-state index < -0.39 is 0 Å². The summed E-state index contributed by atoms with van der Waals surface area (Å²) in [5, 5.41) is 0. The summed E-state index contributed by atoms with van der Waals surface area (Å²) >= 11 is 3.41. The van der Waals surface area contributed by atoms with Gasteiger partial charge in [0.2, 0.25) is 0 Å². The van der Waals surface area contributed by atoms with Crippen molar-refractivity contribution >= 4 is 27.3 Å². The van der Waals surface area contributed by atoms with Crippen LogP contribution in [-0.4, -0.2) is 5.71 Å². The maximum absolute atomic E-state index is 4.57. The summed E-state index contributed by atoms with van der Waals surface area (Å²) in [5.41, 5.74) is 3.16. The van der Waals surface area contributed by atoms with E-state index in [1.165, 1.54) is 0 Å². The van der Waals surface area contributed by atoms with Crippen LogP contribution in [0.2, 0.25) is 0 Å². The van der Waals surface area contributed by atoms with Gasteiger partial charge in [0.05, 0.1) is 5.69 Å². The van der Waals surface area contributed by atoms with E-state index in [9.17, 15) is 0 Å². The van der Waals surface area contributed by atoms with E-state index in [1.807, 2.05) is 49.4 Å². The Bertz CT molecular complexity index is 486. The summed E-state index contributed by atoms with van der Waals surface area (Å²) in [7, 11) is 0. The van der Waals surface area contributed by atoms with Gasteiger partial charge in [-0.05, 0) is 36.8 Å². The second-order valence-corrected chi connectivity index (χ2v) is 4.46. The molecule has 0 aliphatic heterocycles. The molecule has 0 N–H and O–H groups in total. The number of benzene rings is 2. The first-order valence-electron chi connectivity index (χ1n) is 5.12. The molecule has 0 heterocycles. The molecule has 0 spiro atoms. The Labute approximate surface area is 104 Å². The predicted octanol–water partition coefficient (Wildman–Crippen LogP) is 4.59. The summed E-state index contributed by atoms with van der Waals surface area (Å²) in [6.45, 7) is 2.03. The summed E-state index contributed by atoms with van der Waals surface area (Å²) in [6, 6.07) is 18.2. The van der Waals surface area contributed by atoms with E-state index >= 15 is 0 Å². The average molecular weight is 274 g/mol. The van der Waals surface area contributed by atoms with Crippen LogP contribution in [-0.2, 0) is 0 Å². The quantitative estimate of drug-likeness (QED) is 0.710. The van der Waals surface area contributed by atoms with Gasteiger partial charge in [0.1, 0.15) is 0 Å². The SMILES string of the molecule is CC(=Nc1ccc(Br)cc1)c1ccccc1. The molecule has 1 nitrogen and oxygen atoms in total. The maximum atomic E-state index is 4.57. The van der Waals surface area contributed by atoms with Crippen molar-refractivity contribution in [1.29, 1.82) is 0 Å². The zero-order valence-electron chi connectivity index (χ0n) is 9.02. The van der Waals surface area contributed by atoms with E-state index in [0.717, 1.165) is 21.4 Å². The van der Waals surface area contributed by atoms with E-state index in [0.29, 0.717) is 0 Å². The van der Waals surface area contributed by atoms with Gasteiger partial charge in [-0.15, -0.1) is 0 Å². The molecule has 0 atom stereocenters. The van der Waals surface area contributed by atoms with Crippen molar-refractivity contribution in [3.8, 4) is 0 Å². The zero-order valence-corrected chi connectivity index (χ0v) is 10.6. The average Bonchev–Trinajstić information content (AvgIpc) is 2.33. The fraction of sp³-hybridized carbons (Fsp3) is 0.0714. The first-order chi connectivity index (χ1) is 7.75.